The molecular weight excluding hydrogens is 470 g/mol. The van der Waals surface area contributed by atoms with Crippen LogP contribution in [0.1, 0.15) is 5.56 Å². The quantitative estimate of drug-likeness (QED) is 0.360. The van der Waals surface area contributed by atoms with Crippen molar-refractivity contribution in [3.05, 3.63) is 93.5 Å². The molecule has 1 aromatic heterocycles. The molecule has 2 aliphatic rings. The first-order valence-corrected chi connectivity index (χ1v) is 13.7. The lowest BCUT2D eigenvalue weighted by Crippen LogP contribution is -2.31. The van der Waals surface area contributed by atoms with Gasteiger partial charge in [0.1, 0.15) is 10.6 Å². The van der Waals surface area contributed by atoms with E-state index in [1.807, 2.05) is 42.5 Å². The molecule has 4 nitrogen and oxygen atoms in total. The number of rotatable bonds is 4. The zero-order valence-corrected chi connectivity index (χ0v) is 19.9. The fourth-order valence-electron chi connectivity index (χ4n) is 4.02. The summed E-state index contributed by atoms with van der Waals surface area (Å²) in [6, 6.07) is 22.3. The van der Waals surface area contributed by atoms with E-state index >= 15 is 0 Å². The van der Waals surface area contributed by atoms with Gasteiger partial charge < -0.3 is 9.64 Å². The average Bonchev–Trinajstić information content (AvgIpc) is 3.30. The summed E-state index contributed by atoms with van der Waals surface area (Å²) >= 11 is 3.25. The number of hydrogen-bond donors (Lipinski definition) is 0. The molecule has 3 aromatic carbocycles. The fraction of sp³-hybridized carbons (Fsp3) is 0.0769. The third kappa shape index (κ3) is 3.76. The fourth-order valence-corrected chi connectivity index (χ4v) is 7.33. The first-order valence-electron chi connectivity index (χ1n) is 10.5. The molecule has 0 N–H and O–H groups in total. The number of nitrogens with zero attached hydrogens (tertiary/aromatic N) is 1. The molecule has 0 spiro atoms. The lowest BCUT2D eigenvalue weighted by molar-refractivity contribution is 0.440. The number of thiophene rings is 1. The van der Waals surface area contributed by atoms with Crippen LogP contribution in [0.3, 0.4) is 0 Å². The van der Waals surface area contributed by atoms with Crippen LogP contribution < -0.4 is 14.5 Å². The van der Waals surface area contributed by atoms with Crippen molar-refractivity contribution in [2.75, 3.05) is 6.54 Å². The van der Waals surface area contributed by atoms with Crippen molar-refractivity contribution in [2.45, 2.75) is 26.1 Å². The normalized spacial score (nSPS) is 14.2. The van der Waals surface area contributed by atoms with Gasteiger partial charge in [-0.05, 0) is 58.6 Å². The Kier molecular flexibility index (Phi) is 5.05. The van der Waals surface area contributed by atoms with Crippen molar-refractivity contribution < 1.29 is 13.2 Å². The summed E-state index contributed by atoms with van der Waals surface area (Å²) in [5, 5.41) is 3.39. The second kappa shape index (κ2) is 8.09. The maximum Gasteiger partial charge on any atom is 0.210 e. The van der Waals surface area contributed by atoms with Gasteiger partial charge in [-0.25, -0.2) is 8.42 Å². The first-order chi connectivity index (χ1) is 16.1. The Labute approximate surface area is 200 Å². The van der Waals surface area contributed by atoms with Gasteiger partial charge in [-0.3, -0.25) is 0 Å². The molecular formula is C26H19NO3S3. The minimum Gasteiger partial charge on any atom is -0.454 e. The zero-order chi connectivity index (χ0) is 22.4. The van der Waals surface area contributed by atoms with Gasteiger partial charge in [-0.1, -0.05) is 48.2 Å². The van der Waals surface area contributed by atoms with E-state index in [0.717, 1.165) is 28.4 Å². The Morgan fingerprint density at radius 2 is 1.73 bits per heavy atom. The van der Waals surface area contributed by atoms with Gasteiger partial charge in [0.2, 0.25) is 9.84 Å². The number of hydrogen-bond acceptors (Lipinski definition) is 6. The number of fused-ring (bicyclic) bond motifs is 3. The molecule has 0 fully saturated rings. The minimum absolute atomic E-state index is 0.193. The Morgan fingerprint density at radius 3 is 2.61 bits per heavy atom. The predicted octanol–water partition coefficient (Wildman–Crippen LogP) is 4.87. The number of ether oxygens (including phenoxy) is 1. The van der Waals surface area contributed by atoms with Crippen LogP contribution in [-0.4, -0.2) is 19.9 Å². The van der Waals surface area contributed by atoms with Crippen LogP contribution >= 0.6 is 23.1 Å². The molecule has 0 saturated heterocycles. The van der Waals surface area contributed by atoms with Gasteiger partial charge in [-0.2, -0.15) is 0 Å². The van der Waals surface area contributed by atoms with E-state index < -0.39 is 9.84 Å². The highest BCUT2D eigenvalue weighted by molar-refractivity contribution is 7.99. The highest BCUT2D eigenvalue weighted by Gasteiger charge is 2.28. The van der Waals surface area contributed by atoms with Crippen LogP contribution in [0.4, 0.5) is 0 Å². The molecule has 4 aromatic rings. The Bertz CT molecular complexity index is 1590. The van der Waals surface area contributed by atoms with Crippen LogP contribution in [0.25, 0.3) is 12.3 Å². The van der Waals surface area contributed by atoms with Gasteiger partial charge in [0, 0.05) is 23.8 Å². The monoisotopic (exact) mass is 489 g/mol. The molecule has 0 unspecified atom stereocenters. The van der Waals surface area contributed by atoms with E-state index in [0.29, 0.717) is 11.5 Å². The van der Waals surface area contributed by atoms with Gasteiger partial charge >= 0.3 is 0 Å². The number of para-hydroxylation sites is 2. The summed E-state index contributed by atoms with van der Waals surface area (Å²) in [5.74, 6) is 1.08. The molecule has 0 aliphatic carbocycles. The SMILES string of the molecule is O=S(=O)(c1ccc(CN2C=c3sccc3=CC2)cc1)c1cccc2c1Oc1ccccc1S2. The van der Waals surface area contributed by atoms with Crippen molar-refractivity contribution in [3.8, 4) is 11.5 Å². The summed E-state index contributed by atoms with van der Waals surface area (Å²) in [5.41, 5.74) is 1.06. The van der Waals surface area contributed by atoms with Gasteiger partial charge in [0.25, 0.3) is 0 Å². The largest absolute Gasteiger partial charge is 0.454 e. The highest BCUT2D eigenvalue weighted by atomic mass is 32.2. The minimum atomic E-state index is -3.73. The Balaban J connectivity index is 1.28. The van der Waals surface area contributed by atoms with Crippen molar-refractivity contribution in [2.24, 2.45) is 0 Å². The van der Waals surface area contributed by atoms with Crippen LogP contribution in [0.5, 0.6) is 11.5 Å². The predicted molar refractivity (Wildman–Crippen MR) is 132 cm³/mol. The second-order valence-corrected chi connectivity index (χ2v) is 11.8. The first kappa shape index (κ1) is 20.6. The average molecular weight is 490 g/mol. The van der Waals surface area contributed by atoms with Gasteiger partial charge in [-0.15, -0.1) is 11.3 Å². The topological polar surface area (TPSA) is 46.6 Å². The molecule has 7 heteroatoms. The Morgan fingerprint density at radius 1 is 0.909 bits per heavy atom. The second-order valence-electron chi connectivity index (χ2n) is 7.88. The number of sulfone groups is 1. The van der Waals surface area contributed by atoms with E-state index in [9.17, 15) is 8.42 Å². The van der Waals surface area contributed by atoms with Gasteiger partial charge in [0.05, 0.1) is 14.7 Å². The molecule has 0 saturated carbocycles. The van der Waals surface area contributed by atoms with Crippen LogP contribution in [0.2, 0.25) is 0 Å². The van der Waals surface area contributed by atoms with Crippen LogP contribution in [-0.2, 0) is 16.4 Å². The summed E-state index contributed by atoms with van der Waals surface area (Å²) in [4.78, 5) is 4.47. The van der Waals surface area contributed by atoms with Crippen molar-refractivity contribution in [1.29, 1.82) is 0 Å². The highest BCUT2D eigenvalue weighted by Crippen LogP contribution is 2.49. The molecule has 33 heavy (non-hydrogen) atoms. The Hall–Kier alpha value is -3.00. The maximum absolute atomic E-state index is 13.5. The van der Waals surface area contributed by atoms with Crippen LogP contribution in [0, 0.1) is 0 Å². The van der Waals surface area contributed by atoms with E-state index in [4.69, 9.17) is 4.74 Å². The molecule has 0 amide bonds. The third-order valence-electron chi connectivity index (χ3n) is 5.71. The molecule has 0 bridgehead atoms. The molecule has 6 rings (SSSR count). The summed E-state index contributed by atoms with van der Waals surface area (Å²) in [7, 11) is -3.73. The smallest absolute Gasteiger partial charge is 0.210 e. The van der Waals surface area contributed by atoms with Gasteiger partial charge in [0.15, 0.2) is 5.75 Å². The van der Waals surface area contributed by atoms with Crippen molar-refractivity contribution in [1.82, 2.24) is 4.90 Å². The molecule has 2 aliphatic heterocycles. The van der Waals surface area contributed by atoms with Crippen LogP contribution in [0.15, 0.2) is 97.8 Å². The summed E-state index contributed by atoms with van der Waals surface area (Å²) in [6.07, 6.45) is 4.40. The van der Waals surface area contributed by atoms with E-state index in [1.165, 1.54) is 21.5 Å². The van der Waals surface area contributed by atoms with E-state index in [1.54, 1.807) is 35.6 Å². The lowest BCUT2D eigenvalue weighted by Gasteiger charge is -2.22. The number of benzene rings is 3. The third-order valence-corrected chi connectivity index (χ3v) is 9.46. The summed E-state index contributed by atoms with van der Waals surface area (Å²) < 4.78 is 34.3. The molecule has 164 valence electrons. The summed E-state index contributed by atoms with van der Waals surface area (Å²) in [6.45, 7) is 1.57. The molecule has 3 heterocycles. The molecule has 0 radical (unpaired) electrons. The lowest BCUT2D eigenvalue weighted by atomic mass is 10.2. The van der Waals surface area contributed by atoms with Crippen molar-refractivity contribution in [3.63, 3.8) is 0 Å². The van der Waals surface area contributed by atoms with E-state index in [-0.39, 0.29) is 9.79 Å². The molecule has 0 atom stereocenters. The van der Waals surface area contributed by atoms with E-state index in [2.05, 4.69) is 28.6 Å². The van der Waals surface area contributed by atoms with Crippen molar-refractivity contribution >= 4 is 45.2 Å². The maximum atomic E-state index is 13.5. The zero-order valence-electron chi connectivity index (χ0n) is 17.5. The standard InChI is InChI=1S/C26H19NO3S3/c28-33(29,25-7-3-6-23-26(25)30-21-4-1-2-5-22(21)32-23)20-10-8-18(9-11-20)16-27-14-12-19-13-15-31-24(19)17-27/h1-13,15,17H,14,16H2.